The van der Waals surface area contributed by atoms with Crippen molar-refractivity contribution < 1.29 is 9.59 Å². The maximum atomic E-state index is 12.6. The van der Waals surface area contributed by atoms with Gasteiger partial charge in [0.1, 0.15) is 0 Å². The van der Waals surface area contributed by atoms with Crippen molar-refractivity contribution in [2.45, 2.75) is 44.4 Å². The predicted molar refractivity (Wildman–Crippen MR) is 103 cm³/mol. The molecule has 2 atom stereocenters. The molecular formula is C21H31N3O2. The smallest absolute Gasteiger partial charge is 0.241 e. The molecule has 2 fully saturated rings. The van der Waals surface area contributed by atoms with Gasteiger partial charge in [-0.1, -0.05) is 49.6 Å². The van der Waals surface area contributed by atoms with Gasteiger partial charge in [-0.3, -0.25) is 9.59 Å². The van der Waals surface area contributed by atoms with E-state index in [1.807, 2.05) is 23.1 Å². The fourth-order valence-electron chi connectivity index (χ4n) is 4.40. The van der Waals surface area contributed by atoms with E-state index in [1.165, 1.54) is 24.8 Å². The van der Waals surface area contributed by atoms with Crippen molar-refractivity contribution in [3.8, 4) is 0 Å². The number of hydrogen-bond donors (Lipinski definition) is 2. The highest BCUT2D eigenvalue weighted by Crippen LogP contribution is 2.32. The molecule has 0 spiro atoms. The van der Waals surface area contributed by atoms with Gasteiger partial charge in [-0.15, -0.1) is 0 Å². The summed E-state index contributed by atoms with van der Waals surface area (Å²) in [4.78, 5) is 26.5. The van der Waals surface area contributed by atoms with Crippen LogP contribution in [-0.2, 0) is 9.59 Å². The van der Waals surface area contributed by atoms with Gasteiger partial charge in [0.05, 0.1) is 6.54 Å². The molecule has 5 nitrogen and oxygen atoms in total. The molecule has 1 aromatic rings. The summed E-state index contributed by atoms with van der Waals surface area (Å²) in [5, 5.41) is 2.83. The largest absolute Gasteiger partial charge is 0.347 e. The molecule has 2 aliphatic rings. The van der Waals surface area contributed by atoms with Gasteiger partial charge in [-0.25, -0.2) is 0 Å². The van der Waals surface area contributed by atoms with Crippen LogP contribution in [0.3, 0.4) is 0 Å². The first kappa shape index (κ1) is 18.9. The number of carbonyl (C=O) groups excluding carboxylic acids is 2. The van der Waals surface area contributed by atoms with E-state index in [-0.39, 0.29) is 30.2 Å². The molecule has 0 aromatic heterocycles. The Kier molecular flexibility index (Phi) is 6.67. The van der Waals surface area contributed by atoms with Gasteiger partial charge < -0.3 is 16.0 Å². The summed E-state index contributed by atoms with van der Waals surface area (Å²) in [7, 11) is 0. The number of likely N-dealkylation sites (tertiary alicyclic amines) is 1. The predicted octanol–water partition coefficient (Wildman–Crippen LogP) is 2.27. The summed E-state index contributed by atoms with van der Waals surface area (Å²) in [6.07, 6.45) is 6.59. The molecule has 0 unspecified atom stereocenters. The van der Waals surface area contributed by atoms with Crippen LogP contribution < -0.4 is 11.1 Å². The lowest BCUT2D eigenvalue weighted by Gasteiger charge is -2.21. The normalized spacial score (nSPS) is 23.8. The van der Waals surface area contributed by atoms with E-state index in [0.717, 1.165) is 12.8 Å². The Morgan fingerprint density at radius 2 is 1.81 bits per heavy atom. The second kappa shape index (κ2) is 9.17. The number of nitrogens with zero attached hydrogens (tertiary/aromatic N) is 1. The highest BCUT2D eigenvalue weighted by Gasteiger charge is 2.35. The van der Waals surface area contributed by atoms with Crippen molar-refractivity contribution in [2.24, 2.45) is 17.6 Å². The monoisotopic (exact) mass is 357 g/mol. The second-order valence-electron chi connectivity index (χ2n) is 7.80. The quantitative estimate of drug-likeness (QED) is 0.820. The number of amides is 2. The molecule has 26 heavy (non-hydrogen) atoms. The van der Waals surface area contributed by atoms with Crippen LogP contribution in [0.5, 0.6) is 0 Å². The van der Waals surface area contributed by atoms with Gasteiger partial charge in [-0.2, -0.15) is 0 Å². The average molecular weight is 357 g/mol. The third-order valence-electron chi connectivity index (χ3n) is 5.96. The number of nitrogens with two attached hydrogens (primary N) is 1. The van der Waals surface area contributed by atoms with E-state index in [0.29, 0.717) is 32.0 Å². The topological polar surface area (TPSA) is 75.4 Å². The zero-order valence-electron chi connectivity index (χ0n) is 15.5. The van der Waals surface area contributed by atoms with Crippen LogP contribution >= 0.6 is 0 Å². The van der Waals surface area contributed by atoms with Gasteiger partial charge in [0, 0.05) is 25.4 Å². The van der Waals surface area contributed by atoms with Crippen LogP contribution in [0.25, 0.3) is 0 Å². The lowest BCUT2D eigenvalue weighted by Crippen LogP contribution is -2.40. The van der Waals surface area contributed by atoms with E-state index >= 15 is 0 Å². The maximum absolute atomic E-state index is 12.6. The average Bonchev–Trinajstić information content (AvgIpc) is 3.12. The molecule has 0 radical (unpaired) electrons. The molecule has 5 heteroatoms. The minimum Gasteiger partial charge on any atom is -0.347 e. The lowest BCUT2D eigenvalue weighted by molar-refractivity contribution is -0.132. The molecule has 3 rings (SSSR count). The van der Waals surface area contributed by atoms with Crippen LogP contribution in [-0.4, -0.2) is 42.9 Å². The molecule has 1 aliphatic heterocycles. The Bertz CT molecular complexity index is 599. The zero-order chi connectivity index (χ0) is 18.4. The first-order chi connectivity index (χ1) is 12.7. The molecule has 1 saturated heterocycles. The van der Waals surface area contributed by atoms with Gasteiger partial charge in [0.2, 0.25) is 11.8 Å². The van der Waals surface area contributed by atoms with Gasteiger partial charge >= 0.3 is 0 Å². The Hall–Kier alpha value is -1.88. The molecule has 1 aromatic carbocycles. The minimum atomic E-state index is -0.00104. The van der Waals surface area contributed by atoms with E-state index in [4.69, 9.17) is 5.73 Å². The number of rotatable bonds is 6. The molecule has 1 saturated carbocycles. The van der Waals surface area contributed by atoms with Crippen LogP contribution in [0.4, 0.5) is 0 Å². The van der Waals surface area contributed by atoms with Crippen molar-refractivity contribution in [3.63, 3.8) is 0 Å². The first-order valence-electron chi connectivity index (χ1n) is 9.97. The number of benzene rings is 1. The fourth-order valence-corrected chi connectivity index (χ4v) is 4.40. The molecule has 1 heterocycles. The Labute approximate surface area is 156 Å². The third kappa shape index (κ3) is 4.85. The minimum absolute atomic E-state index is 0.00104. The second-order valence-corrected chi connectivity index (χ2v) is 7.80. The van der Waals surface area contributed by atoms with Crippen molar-refractivity contribution in [2.75, 3.05) is 26.2 Å². The van der Waals surface area contributed by atoms with Crippen molar-refractivity contribution in [1.82, 2.24) is 10.2 Å². The van der Waals surface area contributed by atoms with Crippen LogP contribution in [0.15, 0.2) is 30.3 Å². The summed E-state index contributed by atoms with van der Waals surface area (Å²) in [6, 6.07) is 10.3. The van der Waals surface area contributed by atoms with Crippen molar-refractivity contribution >= 4 is 11.8 Å². The number of nitrogens with one attached hydrogen (secondary N) is 1. The summed E-state index contributed by atoms with van der Waals surface area (Å²) >= 11 is 0. The first-order valence-corrected chi connectivity index (χ1v) is 9.97. The fraction of sp³-hybridized carbons (Fsp3) is 0.619. The van der Waals surface area contributed by atoms with Crippen LogP contribution in [0.2, 0.25) is 0 Å². The highest BCUT2D eigenvalue weighted by molar-refractivity contribution is 5.85. The Balaban J connectivity index is 1.48. The van der Waals surface area contributed by atoms with E-state index < -0.39 is 0 Å². The van der Waals surface area contributed by atoms with E-state index in [1.54, 1.807) is 0 Å². The third-order valence-corrected chi connectivity index (χ3v) is 5.96. The number of hydrogen-bond acceptors (Lipinski definition) is 3. The summed E-state index contributed by atoms with van der Waals surface area (Å²) < 4.78 is 0. The van der Waals surface area contributed by atoms with Gasteiger partial charge in [0.15, 0.2) is 0 Å². The van der Waals surface area contributed by atoms with Crippen molar-refractivity contribution in [3.05, 3.63) is 35.9 Å². The Morgan fingerprint density at radius 3 is 2.50 bits per heavy atom. The van der Waals surface area contributed by atoms with Crippen LogP contribution in [0.1, 0.15) is 50.0 Å². The van der Waals surface area contributed by atoms with Gasteiger partial charge in [0.25, 0.3) is 0 Å². The molecule has 0 bridgehead atoms. The van der Waals surface area contributed by atoms with E-state index in [2.05, 4.69) is 17.4 Å². The molecule has 1 aliphatic carbocycles. The van der Waals surface area contributed by atoms with Crippen LogP contribution in [0, 0.1) is 11.8 Å². The molecule has 142 valence electrons. The molecule has 2 amide bonds. The maximum Gasteiger partial charge on any atom is 0.241 e. The zero-order valence-corrected chi connectivity index (χ0v) is 15.5. The molecule has 3 N–H and O–H groups in total. The lowest BCUT2D eigenvalue weighted by atomic mass is 9.87. The molecular weight excluding hydrogens is 326 g/mol. The highest BCUT2D eigenvalue weighted by atomic mass is 16.2. The Morgan fingerprint density at radius 1 is 1.08 bits per heavy atom. The SMILES string of the molecule is NC[C@@H]1CN(C(=O)CNC(=O)CC2CCCCC2)C[C@H]1c1ccccc1. The van der Waals surface area contributed by atoms with E-state index in [9.17, 15) is 9.59 Å². The summed E-state index contributed by atoms with van der Waals surface area (Å²) in [6.45, 7) is 2.03. The van der Waals surface area contributed by atoms with Crippen molar-refractivity contribution in [1.29, 1.82) is 0 Å². The summed E-state index contributed by atoms with van der Waals surface area (Å²) in [5.41, 5.74) is 7.18. The number of carbonyl (C=O) groups is 2. The standard InChI is InChI=1S/C21H31N3O2/c22-12-18-14-24(15-19(18)17-9-5-2-6-10-17)21(26)13-23-20(25)11-16-7-3-1-4-8-16/h2,5-6,9-10,16,18-19H,1,3-4,7-8,11-15,22H2,(H,23,25)/t18-,19+/m1/s1. The summed E-state index contributed by atoms with van der Waals surface area (Å²) in [5.74, 6) is 1.07. The van der Waals surface area contributed by atoms with Gasteiger partial charge in [-0.05, 0) is 36.8 Å².